The van der Waals surface area contributed by atoms with Crippen LogP contribution < -0.4 is 16.4 Å². The van der Waals surface area contributed by atoms with E-state index in [0.717, 1.165) is 12.5 Å². The molecular formula is C22H24N4O4. The molecule has 2 aromatic rings. The predicted molar refractivity (Wildman–Crippen MR) is 112 cm³/mol. The van der Waals surface area contributed by atoms with Crippen LogP contribution in [0.15, 0.2) is 54.6 Å². The number of nitrogens with two attached hydrogens (primary N) is 2. The van der Waals surface area contributed by atoms with Gasteiger partial charge in [0.05, 0.1) is 5.92 Å². The second-order valence-corrected chi connectivity index (χ2v) is 7.38. The second-order valence-electron chi connectivity index (χ2n) is 7.38. The molecule has 8 heteroatoms. The van der Waals surface area contributed by atoms with Crippen molar-refractivity contribution in [1.29, 1.82) is 5.41 Å². The first-order valence-corrected chi connectivity index (χ1v) is 9.54. The molecule has 8 nitrogen and oxygen atoms in total. The van der Waals surface area contributed by atoms with Gasteiger partial charge in [-0.3, -0.25) is 15.0 Å². The summed E-state index contributed by atoms with van der Waals surface area (Å²) in [4.78, 5) is 39.0. The van der Waals surface area contributed by atoms with Crippen molar-refractivity contribution in [2.45, 2.75) is 25.3 Å². The standard InChI is InChI=1S/C22H24N4O4/c1-14(27)30-21(29)22(25,13-15-5-3-2-4-6-15)18-11-12-26(20(18)28)17-9-7-16(8-10-17)19(23)24/h2-10,18H,11-13,25H2,1H3,(H3,23,24). The molecule has 2 aromatic carbocycles. The molecule has 1 aliphatic rings. The van der Waals surface area contributed by atoms with Crippen LogP contribution in [-0.2, 0) is 25.5 Å². The van der Waals surface area contributed by atoms with Crippen LogP contribution in [0.1, 0.15) is 24.5 Å². The molecule has 1 aliphatic heterocycles. The van der Waals surface area contributed by atoms with Crippen LogP contribution >= 0.6 is 0 Å². The summed E-state index contributed by atoms with van der Waals surface area (Å²) >= 11 is 0. The number of nitrogens with one attached hydrogen (secondary N) is 1. The Morgan fingerprint density at radius 2 is 1.80 bits per heavy atom. The summed E-state index contributed by atoms with van der Waals surface area (Å²) in [5, 5.41) is 7.48. The molecule has 1 amide bonds. The van der Waals surface area contributed by atoms with Gasteiger partial charge < -0.3 is 21.1 Å². The van der Waals surface area contributed by atoms with Crippen LogP contribution in [0, 0.1) is 11.3 Å². The lowest BCUT2D eigenvalue weighted by atomic mass is 9.78. The minimum Gasteiger partial charge on any atom is -0.392 e. The number of hydrogen-bond acceptors (Lipinski definition) is 6. The third-order valence-electron chi connectivity index (χ3n) is 5.27. The number of hydrogen-bond donors (Lipinski definition) is 3. The van der Waals surface area contributed by atoms with Crippen molar-refractivity contribution in [2.24, 2.45) is 17.4 Å². The van der Waals surface area contributed by atoms with Crippen molar-refractivity contribution in [3.63, 3.8) is 0 Å². The van der Waals surface area contributed by atoms with E-state index in [2.05, 4.69) is 0 Å². The van der Waals surface area contributed by atoms with Gasteiger partial charge in [0.1, 0.15) is 11.4 Å². The van der Waals surface area contributed by atoms with E-state index < -0.39 is 23.4 Å². The van der Waals surface area contributed by atoms with Gasteiger partial charge in [0.2, 0.25) is 5.91 Å². The molecule has 2 unspecified atom stereocenters. The Kier molecular flexibility index (Phi) is 5.98. The maximum atomic E-state index is 13.2. The Bertz CT molecular complexity index is 974. The zero-order valence-corrected chi connectivity index (χ0v) is 16.6. The molecule has 0 saturated carbocycles. The molecule has 1 heterocycles. The summed E-state index contributed by atoms with van der Waals surface area (Å²) in [5.41, 5.74) is 12.2. The number of anilines is 1. The van der Waals surface area contributed by atoms with E-state index in [1.807, 2.05) is 18.2 Å². The normalized spacial score (nSPS) is 18.0. The lowest BCUT2D eigenvalue weighted by Crippen LogP contribution is -2.59. The third kappa shape index (κ3) is 4.23. The largest absolute Gasteiger partial charge is 0.392 e. The molecule has 30 heavy (non-hydrogen) atoms. The molecule has 0 aliphatic carbocycles. The number of rotatable bonds is 6. The average molecular weight is 408 g/mol. The van der Waals surface area contributed by atoms with E-state index in [-0.39, 0.29) is 18.2 Å². The zero-order chi connectivity index (χ0) is 21.9. The van der Waals surface area contributed by atoms with Crippen molar-refractivity contribution in [2.75, 3.05) is 11.4 Å². The predicted octanol–water partition coefficient (Wildman–Crippen LogP) is 1.35. The molecule has 156 valence electrons. The van der Waals surface area contributed by atoms with Crippen molar-refractivity contribution in [3.8, 4) is 0 Å². The van der Waals surface area contributed by atoms with Gasteiger partial charge in [-0.1, -0.05) is 30.3 Å². The minimum atomic E-state index is -1.68. The minimum absolute atomic E-state index is 0.0630. The van der Waals surface area contributed by atoms with Crippen molar-refractivity contribution >= 4 is 29.4 Å². The van der Waals surface area contributed by atoms with Crippen LogP contribution in [0.3, 0.4) is 0 Å². The van der Waals surface area contributed by atoms with Gasteiger partial charge in [0.15, 0.2) is 0 Å². The summed E-state index contributed by atoms with van der Waals surface area (Å²) in [6, 6.07) is 15.8. The van der Waals surface area contributed by atoms with Gasteiger partial charge >= 0.3 is 11.9 Å². The molecular weight excluding hydrogens is 384 g/mol. The van der Waals surface area contributed by atoms with Crippen molar-refractivity contribution in [3.05, 3.63) is 65.7 Å². The number of nitrogens with zero attached hydrogens (tertiary/aromatic N) is 1. The lowest BCUT2D eigenvalue weighted by molar-refractivity contribution is -0.164. The molecule has 0 radical (unpaired) electrons. The zero-order valence-electron chi connectivity index (χ0n) is 16.6. The number of benzene rings is 2. The van der Waals surface area contributed by atoms with Crippen LogP contribution in [0.5, 0.6) is 0 Å². The molecule has 0 aromatic heterocycles. The fourth-order valence-electron chi connectivity index (χ4n) is 3.73. The Hall–Kier alpha value is -3.52. The Labute approximate surface area is 174 Å². The van der Waals surface area contributed by atoms with Gasteiger partial charge in [-0.2, -0.15) is 0 Å². The van der Waals surface area contributed by atoms with Crippen molar-refractivity contribution < 1.29 is 19.1 Å². The summed E-state index contributed by atoms with van der Waals surface area (Å²) in [6.45, 7) is 1.49. The van der Waals surface area contributed by atoms with E-state index in [1.165, 1.54) is 0 Å². The van der Waals surface area contributed by atoms with Crippen LogP contribution in [0.25, 0.3) is 0 Å². The number of carbonyl (C=O) groups is 3. The molecule has 0 spiro atoms. The molecule has 1 fully saturated rings. The molecule has 1 saturated heterocycles. The summed E-state index contributed by atoms with van der Waals surface area (Å²) in [6.07, 6.45) is 0.400. The maximum Gasteiger partial charge on any atom is 0.334 e. The second kappa shape index (κ2) is 8.46. The first-order valence-electron chi connectivity index (χ1n) is 9.54. The number of amides is 1. The highest BCUT2D eigenvalue weighted by molar-refractivity contribution is 6.03. The number of esters is 2. The summed E-state index contributed by atoms with van der Waals surface area (Å²) in [5.74, 6) is -2.92. The highest BCUT2D eigenvalue weighted by Crippen LogP contribution is 2.34. The Morgan fingerprint density at radius 3 is 2.37 bits per heavy atom. The van der Waals surface area contributed by atoms with E-state index in [4.69, 9.17) is 21.6 Å². The molecule has 5 N–H and O–H groups in total. The van der Waals surface area contributed by atoms with E-state index >= 15 is 0 Å². The van der Waals surface area contributed by atoms with Gasteiger partial charge in [0, 0.05) is 31.1 Å². The van der Waals surface area contributed by atoms with Crippen LogP contribution in [0.2, 0.25) is 0 Å². The fraction of sp³-hybridized carbons (Fsp3) is 0.273. The number of carbonyl (C=O) groups excluding carboxylic acids is 3. The van der Waals surface area contributed by atoms with Gasteiger partial charge in [-0.05, 0) is 36.2 Å². The molecule has 2 atom stereocenters. The Morgan fingerprint density at radius 1 is 1.17 bits per heavy atom. The first-order chi connectivity index (χ1) is 14.2. The first kappa shape index (κ1) is 21.2. The highest BCUT2D eigenvalue weighted by Gasteiger charge is 2.52. The highest BCUT2D eigenvalue weighted by atomic mass is 16.6. The smallest absolute Gasteiger partial charge is 0.334 e. The SMILES string of the molecule is CC(=O)OC(=O)C(N)(Cc1ccccc1)C1CCN(c2ccc(C(=N)N)cc2)C1=O. The number of ether oxygens (including phenoxy) is 1. The number of nitrogen functional groups attached to an aromatic ring is 1. The van der Waals surface area contributed by atoms with Crippen LogP contribution in [-0.4, -0.2) is 35.8 Å². The molecule has 0 bridgehead atoms. The van der Waals surface area contributed by atoms with Crippen LogP contribution in [0.4, 0.5) is 5.69 Å². The van der Waals surface area contributed by atoms with E-state index in [0.29, 0.717) is 24.2 Å². The van der Waals surface area contributed by atoms with Gasteiger partial charge in [0.25, 0.3) is 0 Å². The van der Waals surface area contributed by atoms with Gasteiger partial charge in [-0.25, -0.2) is 4.79 Å². The lowest BCUT2D eigenvalue weighted by Gasteiger charge is -2.31. The Balaban J connectivity index is 1.90. The average Bonchev–Trinajstić information content (AvgIpc) is 3.10. The molecule has 3 rings (SSSR count). The van der Waals surface area contributed by atoms with E-state index in [9.17, 15) is 14.4 Å². The fourth-order valence-corrected chi connectivity index (χ4v) is 3.73. The monoisotopic (exact) mass is 408 g/mol. The summed E-state index contributed by atoms with van der Waals surface area (Å²) < 4.78 is 4.82. The topological polar surface area (TPSA) is 140 Å². The van der Waals surface area contributed by atoms with Crippen molar-refractivity contribution in [1.82, 2.24) is 0 Å². The quantitative estimate of drug-likeness (QED) is 0.285. The maximum absolute atomic E-state index is 13.2. The number of amidine groups is 1. The summed E-state index contributed by atoms with van der Waals surface area (Å²) in [7, 11) is 0. The van der Waals surface area contributed by atoms with Gasteiger partial charge in [-0.15, -0.1) is 0 Å². The van der Waals surface area contributed by atoms with E-state index in [1.54, 1.807) is 41.3 Å². The third-order valence-corrected chi connectivity index (χ3v) is 5.27.